The highest BCUT2D eigenvalue weighted by atomic mass is 16.6. The maximum Gasteiger partial charge on any atom is 0.407 e. The van der Waals surface area contributed by atoms with Gasteiger partial charge in [-0.2, -0.15) is 4.91 Å². The second-order valence-corrected chi connectivity index (χ2v) is 6.36. The maximum atomic E-state index is 11.9. The van der Waals surface area contributed by atoms with Gasteiger partial charge in [-0.3, -0.25) is 0 Å². The summed E-state index contributed by atoms with van der Waals surface area (Å²) in [6.07, 6.45) is -0.746. The first kappa shape index (κ1) is 21.5. The highest BCUT2D eigenvalue weighted by Crippen LogP contribution is 2.04. The minimum absolute atomic E-state index is 0.0975. The molecule has 0 aliphatic rings. The van der Waals surface area contributed by atoms with Crippen molar-refractivity contribution in [2.75, 3.05) is 19.8 Å². The number of carbonyl (C=O) groups is 1. The van der Waals surface area contributed by atoms with E-state index in [-0.39, 0.29) is 25.9 Å². The van der Waals surface area contributed by atoms with E-state index in [0.29, 0.717) is 13.2 Å². The Kier molecular flexibility index (Phi) is 9.68. The van der Waals surface area contributed by atoms with Crippen LogP contribution < -0.4 is 5.32 Å². The van der Waals surface area contributed by atoms with Crippen molar-refractivity contribution < 1.29 is 19.0 Å². The third-order valence-corrected chi connectivity index (χ3v) is 3.88. The molecule has 2 rings (SSSR count). The van der Waals surface area contributed by atoms with Crippen molar-refractivity contribution in [2.45, 2.75) is 32.3 Å². The lowest BCUT2D eigenvalue weighted by molar-refractivity contribution is -0.0189. The highest BCUT2D eigenvalue weighted by Gasteiger charge is 2.15. The van der Waals surface area contributed by atoms with Crippen LogP contribution in [0.2, 0.25) is 0 Å². The molecular weight excluding hydrogens is 360 g/mol. The Bertz CT molecular complexity index is 696. The van der Waals surface area contributed by atoms with Gasteiger partial charge in [0.1, 0.15) is 13.2 Å². The number of nitrogens with one attached hydrogen (secondary N) is 1. The zero-order chi connectivity index (χ0) is 20.0. The van der Waals surface area contributed by atoms with E-state index in [1.54, 1.807) is 0 Å². The molecule has 0 bridgehead atoms. The predicted octanol–water partition coefficient (Wildman–Crippen LogP) is 3.67. The van der Waals surface area contributed by atoms with Crippen LogP contribution in [-0.4, -0.2) is 38.0 Å². The van der Waals surface area contributed by atoms with Crippen molar-refractivity contribution in [3.05, 3.63) is 76.7 Å². The molecule has 1 amide bonds. The molecule has 2 aromatic rings. The average molecular weight is 386 g/mol. The van der Waals surface area contributed by atoms with Gasteiger partial charge in [0.25, 0.3) is 0 Å². The summed E-state index contributed by atoms with van der Waals surface area (Å²) in [5.41, 5.74) is 1.96. The number of benzene rings is 2. The minimum atomic E-state index is -0.616. The molecule has 0 aromatic heterocycles. The Labute approximate surface area is 165 Å². The molecule has 0 spiro atoms. The summed E-state index contributed by atoms with van der Waals surface area (Å²) >= 11 is 0. The summed E-state index contributed by atoms with van der Waals surface area (Å²) in [4.78, 5) is 22.5. The SMILES string of the molecule is CC(COCC(CN=O)NC(=O)OCc1ccccc1)OCc1ccccc1. The van der Waals surface area contributed by atoms with Gasteiger partial charge in [-0.25, -0.2) is 4.79 Å². The Hall–Kier alpha value is -2.77. The summed E-state index contributed by atoms with van der Waals surface area (Å²) in [5.74, 6) is 0. The number of rotatable bonds is 12. The molecule has 0 aliphatic carbocycles. The lowest BCUT2D eigenvalue weighted by Gasteiger charge is -2.18. The first-order valence-electron chi connectivity index (χ1n) is 9.17. The van der Waals surface area contributed by atoms with Crippen molar-refractivity contribution in [1.82, 2.24) is 5.32 Å². The molecule has 28 heavy (non-hydrogen) atoms. The lowest BCUT2D eigenvalue weighted by Crippen LogP contribution is -2.41. The molecular formula is C21H26N2O5. The Morgan fingerprint density at radius 2 is 1.57 bits per heavy atom. The highest BCUT2D eigenvalue weighted by molar-refractivity contribution is 5.67. The molecule has 0 aliphatic heterocycles. The number of hydrogen-bond donors (Lipinski definition) is 1. The van der Waals surface area contributed by atoms with Crippen LogP contribution in [0.25, 0.3) is 0 Å². The quantitative estimate of drug-likeness (QED) is 0.563. The predicted molar refractivity (Wildman–Crippen MR) is 106 cm³/mol. The standard InChI is InChI=1S/C21H26N2O5/c1-17(27-14-18-8-4-2-5-9-18)13-26-16-20(12-22-25)23-21(24)28-15-19-10-6-3-7-11-19/h2-11,17,20H,12-16H2,1H3,(H,23,24). The number of amides is 1. The molecule has 7 heteroatoms. The summed E-state index contributed by atoms with van der Waals surface area (Å²) < 4.78 is 16.4. The van der Waals surface area contributed by atoms with Crippen LogP contribution in [0, 0.1) is 4.91 Å². The third-order valence-electron chi connectivity index (χ3n) is 3.88. The van der Waals surface area contributed by atoms with Crippen molar-refractivity contribution in [3.63, 3.8) is 0 Å². The zero-order valence-corrected chi connectivity index (χ0v) is 16.0. The molecule has 2 atom stereocenters. The number of alkyl carbamates (subject to hydrolysis) is 1. The first-order chi connectivity index (χ1) is 13.7. The van der Waals surface area contributed by atoms with E-state index in [9.17, 15) is 9.70 Å². The van der Waals surface area contributed by atoms with E-state index < -0.39 is 12.1 Å². The average Bonchev–Trinajstić information content (AvgIpc) is 2.72. The van der Waals surface area contributed by atoms with Crippen molar-refractivity contribution >= 4 is 6.09 Å². The van der Waals surface area contributed by atoms with Crippen LogP contribution in [0.5, 0.6) is 0 Å². The number of carbonyl (C=O) groups excluding carboxylic acids is 1. The Morgan fingerprint density at radius 1 is 0.964 bits per heavy atom. The molecule has 2 unspecified atom stereocenters. The Morgan fingerprint density at radius 3 is 2.18 bits per heavy atom. The molecule has 0 saturated carbocycles. The summed E-state index contributed by atoms with van der Waals surface area (Å²) in [6, 6.07) is 18.6. The fourth-order valence-electron chi connectivity index (χ4n) is 2.40. The first-order valence-corrected chi connectivity index (χ1v) is 9.17. The second kappa shape index (κ2) is 12.6. The normalized spacial score (nSPS) is 12.8. The van der Waals surface area contributed by atoms with Gasteiger partial charge in [-0.05, 0) is 18.1 Å². The maximum absolute atomic E-state index is 11.9. The van der Waals surface area contributed by atoms with Gasteiger partial charge in [0, 0.05) is 0 Å². The summed E-state index contributed by atoms with van der Waals surface area (Å²) in [7, 11) is 0. The van der Waals surface area contributed by atoms with Crippen molar-refractivity contribution in [1.29, 1.82) is 0 Å². The van der Waals surface area contributed by atoms with Gasteiger partial charge in [0.05, 0.1) is 32.0 Å². The second-order valence-electron chi connectivity index (χ2n) is 6.36. The largest absolute Gasteiger partial charge is 0.445 e. The van der Waals surface area contributed by atoms with E-state index in [1.807, 2.05) is 67.6 Å². The molecule has 150 valence electrons. The monoisotopic (exact) mass is 386 g/mol. The van der Waals surface area contributed by atoms with Gasteiger partial charge in [0.2, 0.25) is 0 Å². The van der Waals surface area contributed by atoms with Gasteiger partial charge < -0.3 is 19.5 Å². The number of nitroso groups, excluding NO2 is 1. The molecule has 2 aromatic carbocycles. The molecule has 1 N–H and O–H groups in total. The van der Waals surface area contributed by atoms with Crippen LogP contribution in [0.1, 0.15) is 18.1 Å². The molecule has 7 nitrogen and oxygen atoms in total. The van der Waals surface area contributed by atoms with Crippen LogP contribution >= 0.6 is 0 Å². The summed E-state index contributed by atoms with van der Waals surface area (Å²) in [6.45, 7) is 2.93. The van der Waals surface area contributed by atoms with Gasteiger partial charge in [-0.1, -0.05) is 65.8 Å². The van der Waals surface area contributed by atoms with E-state index in [1.165, 1.54) is 0 Å². The van der Waals surface area contributed by atoms with E-state index in [2.05, 4.69) is 10.5 Å². The summed E-state index contributed by atoms with van der Waals surface area (Å²) in [5, 5.41) is 5.45. The van der Waals surface area contributed by atoms with Crippen LogP contribution in [-0.2, 0) is 27.4 Å². The molecule has 0 radical (unpaired) electrons. The van der Waals surface area contributed by atoms with Crippen molar-refractivity contribution in [3.8, 4) is 0 Å². The Balaban J connectivity index is 1.65. The minimum Gasteiger partial charge on any atom is -0.445 e. The van der Waals surface area contributed by atoms with Crippen LogP contribution in [0.15, 0.2) is 65.8 Å². The van der Waals surface area contributed by atoms with Crippen LogP contribution in [0.3, 0.4) is 0 Å². The smallest absolute Gasteiger partial charge is 0.407 e. The van der Waals surface area contributed by atoms with E-state index >= 15 is 0 Å². The van der Waals surface area contributed by atoms with Gasteiger partial charge in [-0.15, -0.1) is 0 Å². The molecule has 0 fully saturated rings. The number of ether oxygens (including phenoxy) is 3. The van der Waals surface area contributed by atoms with Crippen molar-refractivity contribution in [2.24, 2.45) is 5.18 Å². The van der Waals surface area contributed by atoms with Crippen LogP contribution in [0.4, 0.5) is 4.79 Å². The third kappa shape index (κ3) is 8.75. The molecule has 0 heterocycles. The fourth-order valence-corrected chi connectivity index (χ4v) is 2.40. The van der Waals surface area contributed by atoms with E-state index in [4.69, 9.17) is 14.2 Å². The fraction of sp³-hybridized carbons (Fsp3) is 0.381. The lowest BCUT2D eigenvalue weighted by atomic mass is 10.2. The topological polar surface area (TPSA) is 86.2 Å². The van der Waals surface area contributed by atoms with Gasteiger partial charge in [0.15, 0.2) is 0 Å². The molecule has 0 saturated heterocycles. The number of nitrogens with zero attached hydrogens (tertiary/aromatic N) is 1. The van der Waals surface area contributed by atoms with Gasteiger partial charge >= 0.3 is 6.09 Å². The van der Waals surface area contributed by atoms with E-state index in [0.717, 1.165) is 11.1 Å². The zero-order valence-electron chi connectivity index (χ0n) is 16.0. The number of hydrogen-bond acceptors (Lipinski definition) is 6.